The molecule has 0 unspecified atom stereocenters. The monoisotopic (exact) mass is 419 g/mol. The number of hydrogen-bond acceptors (Lipinski definition) is 3. The maximum atomic E-state index is 12.6. The summed E-state index contributed by atoms with van der Waals surface area (Å²) in [4.78, 5) is 26.8. The van der Waals surface area contributed by atoms with E-state index in [0.29, 0.717) is 28.1 Å². The van der Waals surface area contributed by atoms with Crippen LogP contribution in [0.4, 0.5) is 5.69 Å². The Kier molecular flexibility index (Phi) is 6.63. The summed E-state index contributed by atoms with van der Waals surface area (Å²) in [5.74, 6) is -0.587. The van der Waals surface area contributed by atoms with Gasteiger partial charge in [0.25, 0.3) is 0 Å². The van der Waals surface area contributed by atoms with Crippen molar-refractivity contribution in [1.29, 1.82) is 0 Å². The molecule has 2 aromatic carbocycles. The number of benzene rings is 2. The van der Waals surface area contributed by atoms with Crippen LogP contribution in [-0.2, 0) is 20.9 Å². The first-order chi connectivity index (χ1) is 13.4. The van der Waals surface area contributed by atoms with Crippen LogP contribution < -0.4 is 4.90 Å². The van der Waals surface area contributed by atoms with Crippen molar-refractivity contribution in [3.63, 3.8) is 0 Å². The lowest BCUT2D eigenvalue weighted by molar-refractivity contribution is -0.149. The fraction of sp³-hybridized carbons (Fsp3) is 0.364. The lowest BCUT2D eigenvalue weighted by Gasteiger charge is -2.23. The lowest BCUT2D eigenvalue weighted by Crippen LogP contribution is -2.27. The Labute approximate surface area is 175 Å². The van der Waals surface area contributed by atoms with Crippen LogP contribution >= 0.6 is 23.2 Å². The van der Waals surface area contributed by atoms with Crippen molar-refractivity contribution in [1.82, 2.24) is 0 Å². The van der Waals surface area contributed by atoms with Crippen LogP contribution in [0.25, 0.3) is 0 Å². The van der Waals surface area contributed by atoms with E-state index in [9.17, 15) is 9.59 Å². The number of esters is 1. The molecule has 0 N–H and O–H groups in total. The molecule has 1 heterocycles. The van der Waals surface area contributed by atoms with Gasteiger partial charge in [0, 0.05) is 34.3 Å². The van der Waals surface area contributed by atoms with E-state index in [0.717, 1.165) is 17.7 Å². The molecule has 148 valence electrons. The largest absolute Gasteiger partial charge is 0.460 e. The number of anilines is 1. The number of rotatable bonds is 6. The molecule has 3 rings (SSSR count). The lowest BCUT2D eigenvalue weighted by atomic mass is 9.96. The molecular formula is C22H23Cl2NO3. The first-order valence-corrected chi connectivity index (χ1v) is 10.2. The molecular weight excluding hydrogens is 397 g/mol. The third-order valence-corrected chi connectivity index (χ3v) is 5.80. The summed E-state index contributed by atoms with van der Waals surface area (Å²) < 4.78 is 5.42. The Balaban J connectivity index is 1.68. The fourth-order valence-corrected chi connectivity index (χ4v) is 3.84. The zero-order valence-corrected chi connectivity index (χ0v) is 17.5. The van der Waals surface area contributed by atoms with E-state index in [4.69, 9.17) is 27.9 Å². The molecule has 2 aromatic rings. The highest BCUT2D eigenvalue weighted by Crippen LogP contribution is 2.34. The molecule has 1 fully saturated rings. The molecule has 0 radical (unpaired) electrons. The van der Waals surface area contributed by atoms with Gasteiger partial charge >= 0.3 is 5.97 Å². The zero-order valence-electron chi connectivity index (χ0n) is 16.0. The molecule has 6 heteroatoms. The summed E-state index contributed by atoms with van der Waals surface area (Å²) in [7, 11) is 0. The standard InChI is InChI=1S/C22H23Cl2NO3/c1-3-14(2)18-6-4-5-7-20(18)25-12-16(10-21(25)26)22(27)28-13-15-8-9-17(23)11-19(15)24/h4-9,11,14,16H,3,10,12-13H2,1-2H3/t14-,16+/m0/s1. The highest BCUT2D eigenvalue weighted by atomic mass is 35.5. The second-order valence-electron chi connectivity index (χ2n) is 7.12. The minimum absolute atomic E-state index is 0.0535. The smallest absolute Gasteiger partial charge is 0.311 e. The number of para-hydroxylation sites is 1. The number of amides is 1. The number of ether oxygens (including phenoxy) is 1. The van der Waals surface area contributed by atoms with Crippen molar-refractivity contribution >= 4 is 40.8 Å². The SMILES string of the molecule is CC[C@H](C)c1ccccc1N1C[C@H](C(=O)OCc2ccc(Cl)cc2Cl)CC1=O. The molecule has 0 bridgehead atoms. The molecule has 2 atom stereocenters. The molecule has 1 aliphatic rings. The van der Waals surface area contributed by atoms with E-state index in [1.165, 1.54) is 0 Å². The van der Waals surface area contributed by atoms with E-state index in [1.54, 1.807) is 23.1 Å². The maximum absolute atomic E-state index is 12.6. The van der Waals surface area contributed by atoms with Crippen molar-refractivity contribution in [3.8, 4) is 0 Å². The Morgan fingerprint density at radius 3 is 2.71 bits per heavy atom. The topological polar surface area (TPSA) is 46.6 Å². The second kappa shape index (κ2) is 8.97. The summed E-state index contributed by atoms with van der Waals surface area (Å²) in [6, 6.07) is 12.9. The third-order valence-electron chi connectivity index (χ3n) is 5.21. The van der Waals surface area contributed by atoms with Gasteiger partial charge in [-0.1, -0.05) is 61.3 Å². The molecule has 0 saturated carbocycles. The normalized spacial score (nSPS) is 17.6. The first-order valence-electron chi connectivity index (χ1n) is 9.40. The van der Waals surface area contributed by atoms with Crippen LogP contribution in [-0.4, -0.2) is 18.4 Å². The van der Waals surface area contributed by atoms with E-state index in [1.807, 2.05) is 24.3 Å². The van der Waals surface area contributed by atoms with Gasteiger partial charge in [0.05, 0.1) is 5.92 Å². The van der Waals surface area contributed by atoms with Gasteiger partial charge in [0.2, 0.25) is 5.91 Å². The maximum Gasteiger partial charge on any atom is 0.311 e. The molecule has 28 heavy (non-hydrogen) atoms. The fourth-order valence-electron chi connectivity index (χ4n) is 3.37. The van der Waals surface area contributed by atoms with Crippen LogP contribution in [0, 0.1) is 5.92 Å². The number of carbonyl (C=O) groups excluding carboxylic acids is 2. The van der Waals surface area contributed by atoms with Crippen LogP contribution in [0.15, 0.2) is 42.5 Å². The van der Waals surface area contributed by atoms with Crippen molar-refractivity contribution in [2.24, 2.45) is 5.92 Å². The highest BCUT2D eigenvalue weighted by molar-refractivity contribution is 6.35. The average Bonchev–Trinajstić information content (AvgIpc) is 3.08. The van der Waals surface area contributed by atoms with Crippen LogP contribution in [0.3, 0.4) is 0 Å². The van der Waals surface area contributed by atoms with Crippen molar-refractivity contribution < 1.29 is 14.3 Å². The van der Waals surface area contributed by atoms with Gasteiger partial charge in [-0.3, -0.25) is 9.59 Å². The van der Waals surface area contributed by atoms with Crippen LogP contribution in [0.1, 0.15) is 43.7 Å². The zero-order chi connectivity index (χ0) is 20.3. The van der Waals surface area contributed by atoms with Crippen molar-refractivity contribution in [2.45, 2.75) is 39.2 Å². The molecule has 4 nitrogen and oxygen atoms in total. The number of nitrogens with zero attached hydrogens (tertiary/aromatic N) is 1. The van der Waals surface area contributed by atoms with E-state index >= 15 is 0 Å². The van der Waals surface area contributed by atoms with Gasteiger partial charge in [-0.05, 0) is 36.1 Å². The highest BCUT2D eigenvalue weighted by Gasteiger charge is 2.37. The molecule has 0 aliphatic carbocycles. The quantitative estimate of drug-likeness (QED) is 0.572. The van der Waals surface area contributed by atoms with E-state index < -0.39 is 5.92 Å². The Hall–Kier alpha value is -2.04. The number of halogens is 2. The molecule has 0 spiro atoms. The van der Waals surface area contributed by atoms with Gasteiger partial charge in [-0.25, -0.2) is 0 Å². The van der Waals surface area contributed by atoms with Crippen LogP contribution in [0.5, 0.6) is 0 Å². The van der Waals surface area contributed by atoms with E-state index in [2.05, 4.69) is 13.8 Å². The van der Waals surface area contributed by atoms with Gasteiger partial charge in [-0.2, -0.15) is 0 Å². The summed E-state index contributed by atoms with van der Waals surface area (Å²) in [6.07, 6.45) is 1.13. The summed E-state index contributed by atoms with van der Waals surface area (Å²) in [5.41, 5.74) is 2.70. The summed E-state index contributed by atoms with van der Waals surface area (Å²) in [5, 5.41) is 0.976. The van der Waals surface area contributed by atoms with Crippen molar-refractivity contribution in [3.05, 3.63) is 63.6 Å². The summed E-state index contributed by atoms with van der Waals surface area (Å²) >= 11 is 12.0. The molecule has 0 aromatic heterocycles. The Morgan fingerprint density at radius 2 is 2.00 bits per heavy atom. The molecule has 1 saturated heterocycles. The Morgan fingerprint density at radius 1 is 1.25 bits per heavy atom. The van der Waals surface area contributed by atoms with Crippen LogP contribution in [0.2, 0.25) is 10.0 Å². The van der Waals surface area contributed by atoms with Gasteiger partial charge in [0.15, 0.2) is 0 Å². The van der Waals surface area contributed by atoms with E-state index in [-0.39, 0.29) is 24.9 Å². The molecule has 1 amide bonds. The summed E-state index contributed by atoms with van der Waals surface area (Å²) in [6.45, 7) is 4.65. The molecule has 1 aliphatic heterocycles. The second-order valence-corrected chi connectivity index (χ2v) is 7.96. The number of hydrogen-bond donors (Lipinski definition) is 0. The first kappa shape index (κ1) is 20.7. The predicted molar refractivity (Wildman–Crippen MR) is 112 cm³/mol. The number of carbonyl (C=O) groups is 2. The van der Waals surface area contributed by atoms with Gasteiger partial charge in [0.1, 0.15) is 6.61 Å². The van der Waals surface area contributed by atoms with Gasteiger partial charge < -0.3 is 9.64 Å². The minimum Gasteiger partial charge on any atom is -0.460 e. The Bertz CT molecular complexity index is 884. The van der Waals surface area contributed by atoms with Crippen molar-refractivity contribution in [2.75, 3.05) is 11.4 Å². The third kappa shape index (κ3) is 4.50. The predicted octanol–water partition coefficient (Wildman–Crippen LogP) is 5.60. The average molecular weight is 420 g/mol. The van der Waals surface area contributed by atoms with Gasteiger partial charge in [-0.15, -0.1) is 0 Å². The minimum atomic E-state index is -0.483.